The third-order valence-electron chi connectivity index (χ3n) is 5.33. The number of aliphatic imine (C=N–C) groups is 1. The molecule has 2 N–H and O–H groups in total. The van der Waals surface area contributed by atoms with Crippen molar-refractivity contribution < 1.29 is 19.1 Å². The summed E-state index contributed by atoms with van der Waals surface area (Å²) in [6.07, 6.45) is 1.15. The number of hydrogen-bond acceptors (Lipinski definition) is 5. The van der Waals surface area contributed by atoms with Gasteiger partial charge in [-0.3, -0.25) is 4.79 Å². The Morgan fingerprint density at radius 2 is 1.97 bits per heavy atom. The van der Waals surface area contributed by atoms with E-state index in [2.05, 4.69) is 20.5 Å². The van der Waals surface area contributed by atoms with Crippen LogP contribution in [0.25, 0.3) is 0 Å². The zero-order valence-electron chi connectivity index (χ0n) is 19.7. The highest BCUT2D eigenvalue weighted by atomic mass is 16.6. The molecule has 1 fully saturated rings. The van der Waals surface area contributed by atoms with Gasteiger partial charge in [0, 0.05) is 39.2 Å². The van der Waals surface area contributed by atoms with Crippen LogP contribution in [0.1, 0.15) is 45.2 Å². The number of para-hydroxylation sites is 1. The Morgan fingerprint density at radius 1 is 1.22 bits per heavy atom. The monoisotopic (exact) mass is 445 g/mol. The summed E-state index contributed by atoms with van der Waals surface area (Å²) in [5.41, 5.74) is 0.535. The van der Waals surface area contributed by atoms with E-state index >= 15 is 0 Å². The Kier molecular flexibility index (Phi) is 7.48. The number of hydrogen-bond donors (Lipinski definition) is 2. The first-order chi connectivity index (χ1) is 15.1. The first kappa shape index (κ1) is 23.7. The number of amides is 2. The number of nitrogens with zero attached hydrogens (tertiary/aromatic N) is 3. The molecule has 2 heterocycles. The average molecular weight is 446 g/mol. The lowest BCUT2D eigenvalue weighted by Crippen LogP contribution is -2.46. The molecule has 9 heteroatoms. The number of guanidine groups is 1. The molecule has 0 radical (unpaired) electrons. The Morgan fingerprint density at radius 3 is 2.69 bits per heavy atom. The number of fused-ring (bicyclic) bond motifs is 1. The zero-order valence-corrected chi connectivity index (χ0v) is 19.7. The predicted molar refractivity (Wildman–Crippen MR) is 123 cm³/mol. The average Bonchev–Trinajstić information content (AvgIpc) is 3.17. The van der Waals surface area contributed by atoms with Gasteiger partial charge in [-0.15, -0.1) is 0 Å². The van der Waals surface area contributed by atoms with Crippen LogP contribution in [0.4, 0.5) is 4.79 Å². The number of alkyl carbamates (subject to hydrolysis) is 1. The van der Waals surface area contributed by atoms with E-state index < -0.39 is 11.7 Å². The van der Waals surface area contributed by atoms with Gasteiger partial charge in [-0.05, 0) is 33.3 Å². The maximum atomic E-state index is 12.2. The van der Waals surface area contributed by atoms with E-state index in [-0.39, 0.29) is 24.5 Å². The standard InChI is InChI=1S/C23H35N5O4/c1-23(2,3)32-22(30)25-16-10-12-28(15-16)21(24-14-20(29)27(4)5)26-18-11-13-31-19-9-7-6-8-17(18)19/h6-9,16,18H,10-15H2,1-5H3,(H,24,26)(H,25,30). The van der Waals surface area contributed by atoms with Gasteiger partial charge in [-0.1, -0.05) is 18.2 Å². The Balaban J connectivity index is 1.71. The summed E-state index contributed by atoms with van der Waals surface area (Å²) >= 11 is 0. The van der Waals surface area contributed by atoms with E-state index in [1.807, 2.05) is 45.0 Å². The van der Waals surface area contributed by atoms with Crippen molar-refractivity contribution in [3.8, 4) is 5.75 Å². The van der Waals surface area contributed by atoms with Crippen LogP contribution in [0.15, 0.2) is 29.3 Å². The number of nitrogens with one attached hydrogen (secondary N) is 2. The molecule has 2 unspecified atom stereocenters. The van der Waals surface area contributed by atoms with Gasteiger partial charge in [0.05, 0.1) is 18.7 Å². The van der Waals surface area contributed by atoms with E-state index in [4.69, 9.17) is 9.47 Å². The molecule has 2 aliphatic rings. The summed E-state index contributed by atoms with van der Waals surface area (Å²) < 4.78 is 11.2. The summed E-state index contributed by atoms with van der Waals surface area (Å²) in [6, 6.07) is 7.94. The van der Waals surface area contributed by atoms with Gasteiger partial charge in [-0.2, -0.15) is 0 Å². The zero-order chi connectivity index (χ0) is 23.3. The molecule has 2 amide bonds. The van der Waals surface area contributed by atoms with E-state index in [0.29, 0.717) is 25.7 Å². The SMILES string of the molecule is CN(C)C(=O)CN=C(NC1CCOc2ccccc21)N1CCC(NC(=O)OC(C)(C)C)C1. The van der Waals surface area contributed by atoms with Crippen LogP contribution in [-0.4, -0.2) is 79.7 Å². The van der Waals surface area contributed by atoms with Gasteiger partial charge in [0.15, 0.2) is 5.96 Å². The van der Waals surface area contributed by atoms with E-state index in [9.17, 15) is 9.59 Å². The minimum atomic E-state index is -0.542. The third-order valence-corrected chi connectivity index (χ3v) is 5.33. The molecule has 0 saturated carbocycles. The molecule has 1 aromatic carbocycles. The smallest absolute Gasteiger partial charge is 0.407 e. The normalized spacial score (nSPS) is 20.8. The number of likely N-dealkylation sites (tertiary alicyclic amines) is 1. The van der Waals surface area contributed by atoms with Crippen molar-refractivity contribution in [2.45, 2.75) is 51.3 Å². The molecule has 1 saturated heterocycles. The van der Waals surface area contributed by atoms with Crippen molar-refractivity contribution in [2.75, 3.05) is 40.3 Å². The molecular formula is C23H35N5O4. The highest BCUT2D eigenvalue weighted by Gasteiger charge is 2.30. The van der Waals surface area contributed by atoms with Crippen molar-refractivity contribution in [2.24, 2.45) is 4.99 Å². The van der Waals surface area contributed by atoms with Gasteiger partial charge in [0.25, 0.3) is 0 Å². The number of rotatable bonds is 4. The maximum Gasteiger partial charge on any atom is 0.407 e. The minimum absolute atomic E-state index is 0.0334. The summed E-state index contributed by atoms with van der Waals surface area (Å²) in [5, 5.41) is 6.48. The molecule has 0 spiro atoms. The summed E-state index contributed by atoms with van der Waals surface area (Å²) in [5.74, 6) is 1.46. The molecule has 9 nitrogen and oxygen atoms in total. The summed E-state index contributed by atoms with van der Waals surface area (Å²) in [6.45, 7) is 7.50. The number of benzene rings is 1. The molecule has 0 aromatic heterocycles. The van der Waals surface area contributed by atoms with Gasteiger partial charge >= 0.3 is 6.09 Å². The first-order valence-corrected chi connectivity index (χ1v) is 11.1. The second kappa shape index (κ2) is 10.1. The number of likely N-dealkylation sites (N-methyl/N-ethyl adjacent to an activating group) is 1. The number of carbonyl (C=O) groups excluding carboxylic acids is 2. The van der Waals surface area contributed by atoms with E-state index in [0.717, 1.165) is 24.2 Å². The fourth-order valence-corrected chi connectivity index (χ4v) is 3.71. The second-order valence-corrected chi connectivity index (χ2v) is 9.38. The van der Waals surface area contributed by atoms with Crippen molar-refractivity contribution in [3.63, 3.8) is 0 Å². The van der Waals surface area contributed by atoms with E-state index in [1.54, 1.807) is 14.1 Å². The Labute approximate surface area is 190 Å². The highest BCUT2D eigenvalue weighted by Crippen LogP contribution is 2.31. The molecule has 0 aliphatic carbocycles. The van der Waals surface area contributed by atoms with Crippen LogP contribution in [0, 0.1) is 0 Å². The largest absolute Gasteiger partial charge is 0.493 e. The fraction of sp³-hybridized carbons (Fsp3) is 0.609. The first-order valence-electron chi connectivity index (χ1n) is 11.1. The van der Waals surface area contributed by atoms with Crippen LogP contribution in [0.5, 0.6) is 5.75 Å². The van der Waals surface area contributed by atoms with Crippen LogP contribution >= 0.6 is 0 Å². The number of carbonyl (C=O) groups is 2. The van der Waals surface area contributed by atoms with Crippen molar-refractivity contribution in [3.05, 3.63) is 29.8 Å². The second-order valence-electron chi connectivity index (χ2n) is 9.38. The highest BCUT2D eigenvalue weighted by molar-refractivity contribution is 5.85. The lowest BCUT2D eigenvalue weighted by Gasteiger charge is -2.31. The van der Waals surface area contributed by atoms with Crippen molar-refractivity contribution in [1.82, 2.24) is 20.4 Å². The number of ether oxygens (including phenoxy) is 2. The maximum absolute atomic E-state index is 12.2. The van der Waals surface area contributed by atoms with Gasteiger partial charge < -0.3 is 29.9 Å². The predicted octanol–water partition coefficient (Wildman–Crippen LogP) is 2.14. The summed E-state index contributed by atoms with van der Waals surface area (Å²) in [4.78, 5) is 32.6. The molecule has 2 aliphatic heterocycles. The molecule has 3 rings (SSSR count). The van der Waals surface area contributed by atoms with Crippen molar-refractivity contribution >= 4 is 18.0 Å². The minimum Gasteiger partial charge on any atom is -0.493 e. The van der Waals surface area contributed by atoms with Crippen LogP contribution in [0.2, 0.25) is 0 Å². The molecule has 32 heavy (non-hydrogen) atoms. The Bertz CT molecular complexity index is 849. The summed E-state index contributed by atoms with van der Waals surface area (Å²) in [7, 11) is 3.44. The lowest BCUT2D eigenvalue weighted by molar-refractivity contribution is -0.127. The quantitative estimate of drug-likeness (QED) is 0.545. The van der Waals surface area contributed by atoms with Crippen LogP contribution in [-0.2, 0) is 9.53 Å². The van der Waals surface area contributed by atoms with Crippen LogP contribution in [0.3, 0.4) is 0 Å². The lowest BCUT2D eigenvalue weighted by atomic mass is 10.0. The molecular weight excluding hydrogens is 410 g/mol. The van der Waals surface area contributed by atoms with Crippen LogP contribution < -0.4 is 15.4 Å². The third kappa shape index (κ3) is 6.51. The molecule has 1 aromatic rings. The topological polar surface area (TPSA) is 95.5 Å². The molecule has 176 valence electrons. The van der Waals surface area contributed by atoms with E-state index in [1.165, 1.54) is 4.90 Å². The van der Waals surface area contributed by atoms with Crippen molar-refractivity contribution in [1.29, 1.82) is 0 Å². The Hall–Kier alpha value is -2.97. The molecule has 0 bridgehead atoms. The van der Waals surface area contributed by atoms with Gasteiger partial charge in [0.1, 0.15) is 17.9 Å². The fourth-order valence-electron chi connectivity index (χ4n) is 3.71. The van der Waals surface area contributed by atoms with Gasteiger partial charge in [0.2, 0.25) is 5.91 Å². The van der Waals surface area contributed by atoms with Gasteiger partial charge in [-0.25, -0.2) is 9.79 Å². The molecule has 2 atom stereocenters.